The average Bonchev–Trinajstić information content (AvgIpc) is 2.59. The Hall–Kier alpha value is -2.08. The third-order valence-electron chi connectivity index (χ3n) is 4.36. The molecule has 0 aromatic heterocycles. The Kier molecular flexibility index (Phi) is 6.42. The summed E-state index contributed by atoms with van der Waals surface area (Å²) in [5, 5.41) is 10.4. The van der Waals surface area contributed by atoms with Crippen molar-refractivity contribution < 1.29 is 24.2 Å². The summed E-state index contributed by atoms with van der Waals surface area (Å²) < 4.78 is 10.4. The molecule has 1 aliphatic heterocycles. The molecule has 1 aromatic carbocycles. The SMILES string of the molecule is CC(C)c1cc(C(=O)OCC(=O)N2CCOCC2)c(O)c(C(C)C)c1. The number of rotatable bonds is 5. The van der Waals surface area contributed by atoms with E-state index in [1.807, 2.05) is 33.8 Å². The second-order valence-corrected chi connectivity index (χ2v) is 6.88. The number of aromatic hydroxyl groups is 1. The Morgan fingerprint density at radius 3 is 2.36 bits per heavy atom. The van der Waals surface area contributed by atoms with Gasteiger partial charge in [-0.3, -0.25) is 4.79 Å². The number of phenols is 1. The van der Waals surface area contributed by atoms with Crippen LogP contribution in [0.15, 0.2) is 12.1 Å². The minimum absolute atomic E-state index is 0.0665. The van der Waals surface area contributed by atoms with Crippen molar-refractivity contribution in [2.24, 2.45) is 0 Å². The van der Waals surface area contributed by atoms with E-state index in [1.54, 1.807) is 11.0 Å². The zero-order valence-electron chi connectivity index (χ0n) is 15.4. The van der Waals surface area contributed by atoms with Crippen molar-refractivity contribution >= 4 is 11.9 Å². The molecular formula is C19H27NO5. The van der Waals surface area contributed by atoms with E-state index in [0.717, 1.165) is 5.56 Å². The van der Waals surface area contributed by atoms with Crippen molar-refractivity contribution in [3.63, 3.8) is 0 Å². The third kappa shape index (κ3) is 4.72. The lowest BCUT2D eigenvalue weighted by atomic mass is 9.92. The van der Waals surface area contributed by atoms with Gasteiger partial charge in [0.05, 0.1) is 13.2 Å². The van der Waals surface area contributed by atoms with Gasteiger partial charge in [0, 0.05) is 13.1 Å². The molecule has 1 fully saturated rings. The van der Waals surface area contributed by atoms with Gasteiger partial charge in [0.25, 0.3) is 5.91 Å². The molecule has 1 N–H and O–H groups in total. The first-order chi connectivity index (χ1) is 11.8. The lowest BCUT2D eigenvalue weighted by molar-refractivity contribution is -0.138. The zero-order chi connectivity index (χ0) is 18.6. The summed E-state index contributed by atoms with van der Waals surface area (Å²) in [6.07, 6.45) is 0. The largest absolute Gasteiger partial charge is 0.507 e. The monoisotopic (exact) mass is 349 g/mol. The molecule has 6 heteroatoms. The van der Waals surface area contributed by atoms with Crippen LogP contribution in [0.2, 0.25) is 0 Å². The highest BCUT2D eigenvalue weighted by molar-refractivity contribution is 5.94. The number of morpholine rings is 1. The number of carbonyl (C=O) groups excluding carboxylic acids is 2. The summed E-state index contributed by atoms with van der Waals surface area (Å²) in [5.41, 5.74) is 1.77. The normalized spacial score (nSPS) is 14.9. The molecule has 1 saturated heterocycles. The van der Waals surface area contributed by atoms with Gasteiger partial charge in [0.1, 0.15) is 11.3 Å². The Labute approximate surface area is 148 Å². The molecule has 6 nitrogen and oxygen atoms in total. The topological polar surface area (TPSA) is 76.1 Å². The summed E-state index contributed by atoms with van der Waals surface area (Å²) >= 11 is 0. The molecule has 1 heterocycles. The maximum Gasteiger partial charge on any atom is 0.342 e. The molecule has 0 bridgehead atoms. The van der Waals surface area contributed by atoms with Gasteiger partial charge in [-0.05, 0) is 29.0 Å². The lowest BCUT2D eigenvalue weighted by Gasteiger charge is -2.26. The molecule has 2 rings (SSSR count). The summed E-state index contributed by atoms with van der Waals surface area (Å²) in [7, 11) is 0. The standard InChI is InChI=1S/C19H27NO5/c1-12(2)14-9-15(13(3)4)18(22)16(10-14)19(23)25-11-17(21)20-5-7-24-8-6-20/h9-10,12-13,22H,5-8,11H2,1-4H3. The smallest absolute Gasteiger partial charge is 0.342 e. The molecule has 0 unspecified atom stereocenters. The number of hydrogen-bond donors (Lipinski definition) is 1. The quantitative estimate of drug-likeness (QED) is 0.827. The van der Waals surface area contributed by atoms with E-state index in [1.165, 1.54) is 0 Å². The molecule has 0 radical (unpaired) electrons. The number of amides is 1. The highest BCUT2D eigenvalue weighted by Crippen LogP contribution is 2.33. The van der Waals surface area contributed by atoms with Crippen molar-refractivity contribution in [3.8, 4) is 5.75 Å². The first-order valence-electron chi connectivity index (χ1n) is 8.70. The number of nitrogens with zero attached hydrogens (tertiary/aromatic N) is 1. The molecule has 1 aromatic rings. The van der Waals surface area contributed by atoms with Crippen LogP contribution < -0.4 is 0 Å². The Bertz CT molecular complexity index is 633. The van der Waals surface area contributed by atoms with Crippen molar-refractivity contribution in [2.75, 3.05) is 32.9 Å². The first-order valence-corrected chi connectivity index (χ1v) is 8.70. The van der Waals surface area contributed by atoms with E-state index >= 15 is 0 Å². The number of ether oxygens (including phenoxy) is 2. The van der Waals surface area contributed by atoms with Crippen LogP contribution in [0.5, 0.6) is 5.75 Å². The first kappa shape index (κ1) is 19.2. The fourth-order valence-electron chi connectivity index (χ4n) is 2.72. The fourth-order valence-corrected chi connectivity index (χ4v) is 2.72. The summed E-state index contributed by atoms with van der Waals surface area (Å²) in [4.78, 5) is 26.1. The van der Waals surface area contributed by atoms with Crippen LogP contribution in [0.3, 0.4) is 0 Å². The second-order valence-electron chi connectivity index (χ2n) is 6.88. The van der Waals surface area contributed by atoms with Crippen molar-refractivity contribution in [1.82, 2.24) is 4.90 Å². The van der Waals surface area contributed by atoms with E-state index in [4.69, 9.17) is 9.47 Å². The molecule has 0 aliphatic carbocycles. The van der Waals surface area contributed by atoms with Gasteiger partial charge in [0.2, 0.25) is 0 Å². The number of benzene rings is 1. The Morgan fingerprint density at radius 1 is 1.16 bits per heavy atom. The van der Waals surface area contributed by atoms with Gasteiger partial charge in [-0.2, -0.15) is 0 Å². The second kappa shape index (κ2) is 8.34. The fraction of sp³-hybridized carbons (Fsp3) is 0.579. The number of carbonyl (C=O) groups is 2. The van der Waals surface area contributed by atoms with Crippen LogP contribution in [-0.4, -0.2) is 54.8 Å². The van der Waals surface area contributed by atoms with Crippen molar-refractivity contribution in [1.29, 1.82) is 0 Å². The molecule has 1 aliphatic rings. The maximum absolute atomic E-state index is 12.4. The van der Waals surface area contributed by atoms with Gasteiger partial charge < -0.3 is 19.5 Å². The summed E-state index contributed by atoms with van der Waals surface area (Å²) in [6, 6.07) is 3.56. The lowest BCUT2D eigenvalue weighted by Crippen LogP contribution is -2.42. The van der Waals surface area contributed by atoms with Crippen LogP contribution in [0, 0.1) is 0 Å². The van der Waals surface area contributed by atoms with Crippen LogP contribution in [0.1, 0.15) is 61.0 Å². The van der Waals surface area contributed by atoms with E-state index in [2.05, 4.69) is 0 Å². The average molecular weight is 349 g/mol. The number of esters is 1. The number of hydrogen-bond acceptors (Lipinski definition) is 5. The molecule has 0 saturated carbocycles. The third-order valence-corrected chi connectivity index (χ3v) is 4.36. The van der Waals surface area contributed by atoms with Gasteiger partial charge >= 0.3 is 5.97 Å². The van der Waals surface area contributed by atoms with Gasteiger partial charge in [-0.1, -0.05) is 33.8 Å². The highest BCUT2D eigenvalue weighted by Gasteiger charge is 2.23. The summed E-state index contributed by atoms with van der Waals surface area (Å²) in [6.45, 7) is 9.61. The van der Waals surface area contributed by atoms with E-state index in [9.17, 15) is 14.7 Å². The summed E-state index contributed by atoms with van der Waals surface area (Å²) in [5.74, 6) is -0.716. The molecule has 25 heavy (non-hydrogen) atoms. The number of phenolic OH excluding ortho intramolecular Hbond substituents is 1. The van der Waals surface area contributed by atoms with E-state index in [-0.39, 0.29) is 35.7 Å². The molecule has 138 valence electrons. The van der Waals surface area contributed by atoms with Crippen molar-refractivity contribution in [2.45, 2.75) is 39.5 Å². The predicted octanol–water partition coefficient (Wildman–Crippen LogP) is 2.65. The van der Waals surface area contributed by atoms with E-state index < -0.39 is 5.97 Å². The highest BCUT2D eigenvalue weighted by atomic mass is 16.5. The van der Waals surface area contributed by atoms with Crippen LogP contribution in [0.4, 0.5) is 0 Å². The van der Waals surface area contributed by atoms with Crippen LogP contribution >= 0.6 is 0 Å². The van der Waals surface area contributed by atoms with Gasteiger partial charge in [0.15, 0.2) is 6.61 Å². The molecule has 0 atom stereocenters. The Balaban J connectivity index is 2.13. The zero-order valence-corrected chi connectivity index (χ0v) is 15.4. The minimum Gasteiger partial charge on any atom is -0.507 e. The predicted molar refractivity (Wildman–Crippen MR) is 94.0 cm³/mol. The van der Waals surface area contributed by atoms with Crippen LogP contribution in [0.25, 0.3) is 0 Å². The van der Waals surface area contributed by atoms with E-state index in [0.29, 0.717) is 31.9 Å². The van der Waals surface area contributed by atoms with Crippen LogP contribution in [-0.2, 0) is 14.3 Å². The van der Waals surface area contributed by atoms with Gasteiger partial charge in [-0.25, -0.2) is 4.79 Å². The molecule has 1 amide bonds. The maximum atomic E-state index is 12.4. The van der Waals surface area contributed by atoms with Gasteiger partial charge in [-0.15, -0.1) is 0 Å². The molecular weight excluding hydrogens is 322 g/mol. The molecule has 0 spiro atoms. The van der Waals surface area contributed by atoms with Crippen molar-refractivity contribution in [3.05, 3.63) is 28.8 Å². The Morgan fingerprint density at radius 2 is 1.80 bits per heavy atom. The minimum atomic E-state index is -0.677.